The minimum atomic E-state index is -0.158. The Labute approximate surface area is 140 Å². The highest BCUT2D eigenvalue weighted by Crippen LogP contribution is 2.25. The molecule has 0 saturated carbocycles. The molecule has 0 aliphatic carbocycles. The zero-order valence-corrected chi connectivity index (χ0v) is 14.0. The smallest absolute Gasteiger partial charge is 0.255 e. The van der Waals surface area contributed by atoms with E-state index in [2.05, 4.69) is 24.1 Å². The van der Waals surface area contributed by atoms with E-state index >= 15 is 0 Å². The van der Waals surface area contributed by atoms with E-state index in [1.165, 1.54) is 0 Å². The lowest BCUT2D eigenvalue weighted by atomic mass is 9.99. The second-order valence-electron chi connectivity index (χ2n) is 6.27. The quantitative estimate of drug-likeness (QED) is 0.759. The molecular weight excluding hydrogens is 300 g/mol. The lowest BCUT2D eigenvalue weighted by Gasteiger charge is -2.12. The number of carbonyl (C=O) groups excluding carboxylic acids is 1. The number of aromatic nitrogens is 1. The van der Waals surface area contributed by atoms with Gasteiger partial charge in [0.05, 0.1) is 5.52 Å². The minimum Gasteiger partial charge on any atom is -0.322 e. The maximum atomic E-state index is 12.4. The zero-order chi connectivity index (χ0) is 17.3. The third-order valence-corrected chi connectivity index (χ3v) is 4.14. The van der Waals surface area contributed by atoms with Gasteiger partial charge >= 0.3 is 0 Å². The van der Waals surface area contributed by atoms with Crippen LogP contribution in [-0.2, 0) is 0 Å². The molecule has 0 fully saturated rings. The standard InChI is InChI=1S/C20H20N2O2/c1-12(2)17-11-19(23)22-18-10-14(8-9-16(17)18)21-20(24)15-7-5-4-6-13(15)3/h4-12H,1-3H3,(H,21,24)(H,22,23). The van der Waals surface area contributed by atoms with Gasteiger partial charge in [0.25, 0.3) is 5.91 Å². The molecule has 122 valence electrons. The Bertz CT molecular complexity index is 971. The van der Waals surface area contributed by atoms with Gasteiger partial charge in [0.1, 0.15) is 0 Å². The van der Waals surface area contributed by atoms with Crippen LogP contribution in [0.25, 0.3) is 10.9 Å². The largest absolute Gasteiger partial charge is 0.322 e. The molecule has 1 amide bonds. The van der Waals surface area contributed by atoms with Crippen molar-refractivity contribution < 1.29 is 4.79 Å². The minimum absolute atomic E-state index is 0.131. The maximum absolute atomic E-state index is 12.4. The first kappa shape index (κ1) is 16.0. The Hall–Kier alpha value is -2.88. The average Bonchev–Trinajstić information content (AvgIpc) is 2.54. The highest BCUT2D eigenvalue weighted by molar-refractivity contribution is 6.06. The highest BCUT2D eigenvalue weighted by Gasteiger charge is 2.11. The molecule has 24 heavy (non-hydrogen) atoms. The lowest BCUT2D eigenvalue weighted by molar-refractivity contribution is 0.102. The molecule has 0 radical (unpaired) electrons. The van der Waals surface area contributed by atoms with Gasteiger partial charge in [-0.05, 0) is 42.2 Å². The number of hydrogen-bond acceptors (Lipinski definition) is 2. The van der Waals surface area contributed by atoms with Gasteiger partial charge < -0.3 is 10.3 Å². The highest BCUT2D eigenvalue weighted by atomic mass is 16.1. The predicted molar refractivity (Wildman–Crippen MR) is 97.8 cm³/mol. The van der Waals surface area contributed by atoms with Crippen LogP contribution in [0.3, 0.4) is 0 Å². The van der Waals surface area contributed by atoms with Crippen molar-refractivity contribution in [1.82, 2.24) is 4.98 Å². The molecule has 2 N–H and O–H groups in total. The molecule has 3 aromatic rings. The Kier molecular flexibility index (Phi) is 4.21. The summed E-state index contributed by atoms with van der Waals surface area (Å²) in [5, 5.41) is 3.90. The van der Waals surface area contributed by atoms with E-state index in [9.17, 15) is 9.59 Å². The second kappa shape index (κ2) is 6.32. The normalized spacial score (nSPS) is 11.0. The fourth-order valence-corrected chi connectivity index (χ4v) is 2.87. The molecule has 1 heterocycles. The van der Waals surface area contributed by atoms with E-state index in [1.807, 2.05) is 37.3 Å². The molecule has 0 atom stereocenters. The molecule has 0 aliphatic rings. The summed E-state index contributed by atoms with van der Waals surface area (Å²) in [7, 11) is 0. The van der Waals surface area contributed by atoms with Gasteiger partial charge in [-0.3, -0.25) is 9.59 Å². The molecule has 0 unspecified atom stereocenters. The molecule has 0 saturated heterocycles. The Morgan fingerprint density at radius 1 is 1.08 bits per heavy atom. The Morgan fingerprint density at radius 3 is 2.54 bits per heavy atom. The van der Waals surface area contributed by atoms with Crippen LogP contribution in [0.2, 0.25) is 0 Å². The van der Waals surface area contributed by atoms with Crippen LogP contribution >= 0.6 is 0 Å². The average molecular weight is 320 g/mol. The summed E-state index contributed by atoms with van der Waals surface area (Å²) in [6, 6.07) is 14.7. The van der Waals surface area contributed by atoms with Crippen LogP contribution in [0.4, 0.5) is 5.69 Å². The van der Waals surface area contributed by atoms with Crippen LogP contribution in [0.15, 0.2) is 53.3 Å². The van der Waals surface area contributed by atoms with Crippen molar-refractivity contribution in [2.45, 2.75) is 26.7 Å². The first-order valence-electron chi connectivity index (χ1n) is 7.99. The maximum Gasteiger partial charge on any atom is 0.255 e. The number of pyridine rings is 1. The van der Waals surface area contributed by atoms with E-state index < -0.39 is 0 Å². The number of hydrogen-bond donors (Lipinski definition) is 2. The first-order chi connectivity index (χ1) is 11.5. The number of aryl methyl sites for hydroxylation is 1. The molecule has 0 bridgehead atoms. The van der Waals surface area contributed by atoms with Crippen molar-refractivity contribution in [3.63, 3.8) is 0 Å². The number of H-pyrrole nitrogens is 1. The van der Waals surface area contributed by atoms with Crippen LogP contribution in [-0.4, -0.2) is 10.9 Å². The Morgan fingerprint density at radius 2 is 1.83 bits per heavy atom. The van der Waals surface area contributed by atoms with Crippen molar-refractivity contribution in [3.05, 3.63) is 75.6 Å². The number of fused-ring (bicyclic) bond motifs is 1. The van der Waals surface area contributed by atoms with Gasteiger partial charge in [0.2, 0.25) is 5.56 Å². The van der Waals surface area contributed by atoms with Gasteiger partial charge in [-0.1, -0.05) is 38.1 Å². The van der Waals surface area contributed by atoms with E-state index in [1.54, 1.807) is 18.2 Å². The number of rotatable bonds is 3. The van der Waals surface area contributed by atoms with E-state index in [4.69, 9.17) is 0 Å². The summed E-state index contributed by atoms with van der Waals surface area (Å²) in [6.07, 6.45) is 0. The fourth-order valence-electron chi connectivity index (χ4n) is 2.87. The molecule has 1 aromatic heterocycles. The van der Waals surface area contributed by atoms with Crippen LogP contribution in [0.5, 0.6) is 0 Å². The number of carbonyl (C=O) groups is 1. The van der Waals surface area contributed by atoms with Crippen LogP contribution in [0.1, 0.15) is 41.3 Å². The summed E-state index contributed by atoms with van der Waals surface area (Å²) in [6.45, 7) is 6.02. The number of benzene rings is 2. The molecule has 0 aliphatic heterocycles. The number of anilines is 1. The van der Waals surface area contributed by atoms with E-state index in [0.717, 1.165) is 22.0 Å². The number of nitrogens with one attached hydrogen (secondary N) is 2. The van der Waals surface area contributed by atoms with Crippen molar-refractivity contribution in [2.75, 3.05) is 5.32 Å². The number of aromatic amines is 1. The van der Waals surface area contributed by atoms with Gasteiger partial charge in [-0.15, -0.1) is 0 Å². The number of amides is 1. The topological polar surface area (TPSA) is 62.0 Å². The third kappa shape index (κ3) is 3.08. The van der Waals surface area contributed by atoms with Gasteiger partial charge in [0.15, 0.2) is 0 Å². The molecule has 3 rings (SSSR count). The van der Waals surface area contributed by atoms with E-state index in [-0.39, 0.29) is 17.4 Å². The van der Waals surface area contributed by atoms with Crippen molar-refractivity contribution in [1.29, 1.82) is 0 Å². The molecule has 4 heteroatoms. The summed E-state index contributed by atoms with van der Waals surface area (Å²) in [5.41, 5.74) is 3.83. The van der Waals surface area contributed by atoms with Crippen LogP contribution < -0.4 is 10.9 Å². The lowest BCUT2D eigenvalue weighted by Crippen LogP contribution is -2.13. The third-order valence-electron chi connectivity index (χ3n) is 4.14. The Balaban J connectivity index is 1.98. The van der Waals surface area contributed by atoms with Crippen molar-refractivity contribution in [3.8, 4) is 0 Å². The van der Waals surface area contributed by atoms with Gasteiger partial charge in [-0.25, -0.2) is 0 Å². The van der Waals surface area contributed by atoms with Crippen molar-refractivity contribution in [2.24, 2.45) is 0 Å². The molecular formula is C20H20N2O2. The summed E-state index contributed by atoms with van der Waals surface area (Å²) in [5.74, 6) is 0.0945. The van der Waals surface area contributed by atoms with Gasteiger partial charge in [-0.2, -0.15) is 0 Å². The predicted octanol–water partition coefficient (Wildman–Crippen LogP) is 4.21. The summed E-state index contributed by atoms with van der Waals surface area (Å²) in [4.78, 5) is 27.1. The van der Waals surface area contributed by atoms with Crippen LogP contribution in [0, 0.1) is 6.92 Å². The zero-order valence-electron chi connectivity index (χ0n) is 14.0. The molecule has 0 spiro atoms. The SMILES string of the molecule is Cc1ccccc1C(=O)Nc1ccc2c(C(C)C)cc(=O)[nH]c2c1. The van der Waals surface area contributed by atoms with Gasteiger partial charge in [0, 0.05) is 22.7 Å². The fraction of sp³-hybridized carbons (Fsp3) is 0.200. The van der Waals surface area contributed by atoms with E-state index in [0.29, 0.717) is 11.3 Å². The molecule has 4 nitrogen and oxygen atoms in total. The first-order valence-corrected chi connectivity index (χ1v) is 7.99. The molecule has 2 aromatic carbocycles. The monoisotopic (exact) mass is 320 g/mol. The summed E-state index contributed by atoms with van der Waals surface area (Å²) >= 11 is 0. The second-order valence-corrected chi connectivity index (χ2v) is 6.27. The van der Waals surface area contributed by atoms with Crippen molar-refractivity contribution >= 4 is 22.5 Å². The summed E-state index contributed by atoms with van der Waals surface area (Å²) < 4.78 is 0.